The van der Waals surface area contributed by atoms with Crippen LogP contribution in [0.3, 0.4) is 0 Å². The van der Waals surface area contributed by atoms with Crippen LogP contribution in [0.25, 0.3) is 0 Å². The van der Waals surface area contributed by atoms with Crippen LogP contribution in [0.15, 0.2) is 91.0 Å². The molecule has 0 aromatic heterocycles. The Morgan fingerprint density at radius 1 is 0.586 bits per heavy atom. The topological polar surface area (TPSA) is 112 Å². The Kier molecular flexibility index (Phi) is 16.7. The Hall–Kier alpha value is -2.24. The number of carboxylic acid groups (broad SMARTS) is 2. The largest absolute Gasteiger partial charge is 2.00 e. The number of benzene rings is 3. The average Bonchev–Trinajstić information content (AvgIpc) is 2.64. The molecule has 0 bridgehead atoms. The molecule has 3 aromatic carbocycles. The molecule has 0 fully saturated rings. The van der Waals surface area contributed by atoms with E-state index in [4.69, 9.17) is 19.8 Å². The summed E-state index contributed by atoms with van der Waals surface area (Å²) in [4.78, 5) is 17.8. The van der Waals surface area contributed by atoms with Gasteiger partial charge in [-0.25, -0.2) is 0 Å². The summed E-state index contributed by atoms with van der Waals surface area (Å²) in [5.41, 5.74) is 0. The van der Waals surface area contributed by atoms with Crippen molar-refractivity contribution >= 4 is 58.8 Å². The Morgan fingerprint density at radius 2 is 0.759 bits per heavy atom. The molecule has 0 aliphatic rings. The van der Waals surface area contributed by atoms with Crippen LogP contribution in [-0.2, 0) is 9.59 Å². The molecule has 2 N–H and O–H groups in total. The number of carbonyl (C=O) groups excluding carboxylic acids is 2. The predicted molar refractivity (Wildman–Crippen MR) is 116 cm³/mol. The van der Waals surface area contributed by atoms with Gasteiger partial charge in [0.05, 0.1) is 0 Å². The van der Waals surface area contributed by atoms with E-state index in [9.17, 15) is 0 Å². The van der Waals surface area contributed by atoms with Crippen molar-refractivity contribution in [2.24, 2.45) is 0 Å². The van der Waals surface area contributed by atoms with Gasteiger partial charge in [-0.15, -0.1) is 0 Å². The average molecular weight is 423 g/mol. The Labute approximate surface area is 188 Å². The van der Waals surface area contributed by atoms with E-state index in [-0.39, 0.29) is 28.5 Å². The first kappa shape index (κ1) is 29.0. The van der Waals surface area contributed by atoms with Crippen LogP contribution in [0.1, 0.15) is 13.8 Å². The normalized spacial score (nSPS) is 8.66. The molecule has 7 heteroatoms. The molecule has 3 aromatic rings. The van der Waals surface area contributed by atoms with E-state index >= 15 is 0 Å². The maximum absolute atomic E-state index is 8.89. The van der Waals surface area contributed by atoms with Crippen molar-refractivity contribution in [2.45, 2.75) is 13.8 Å². The molecule has 0 saturated heterocycles. The van der Waals surface area contributed by atoms with Gasteiger partial charge in [-0.1, -0.05) is 91.0 Å². The zero-order chi connectivity index (χ0) is 20.1. The zero-order valence-electron chi connectivity index (χ0n) is 16.4. The predicted octanol–water partition coefficient (Wildman–Crippen LogP) is -0.248. The molecule has 0 amide bonds. The third-order valence-corrected chi connectivity index (χ3v) is 5.49. The van der Waals surface area contributed by atoms with Crippen LogP contribution in [0, 0.1) is 0 Å². The van der Waals surface area contributed by atoms with Crippen LogP contribution in [0.2, 0.25) is 0 Å². The van der Waals surface area contributed by atoms with E-state index in [1.165, 1.54) is 15.9 Å². The molecule has 0 saturated carbocycles. The van der Waals surface area contributed by atoms with E-state index in [1.807, 2.05) is 0 Å². The third-order valence-electron chi connectivity index (χ3n) is 3.04. The number of hydrogen-bond acceptors (Lipinski definition) is 4. The van der Waals surface area contributed by atoms with Gasteiger partial charge in [0, 0.05) is 11.9 Å². The Morgan fingerprint density at radius 3 is 0.931 bits per heavy atom. The molecule has 0 aliphatic heterocycles. The molecule has 0 spiro atoms. The fourth-order valence-corrected chi connectivity index (χ4v) is 4.48. The van der Waals surface area contributed by atoms with Gasteiger partial charge in [-0.2, -0.15) is 0 Å². The van der Waals surface area contributed by atoms with E-state index < -0.39 is 19.9 Å². The van der Waals surface area contributed by atoms with Crippen molar-refractivity contribution in [3.05, 3.63) is 91.0 Å². The molecule has 0 radical (unpaired) electrons. The molecule has 148 valence electrons. The summed E-state index contributed by atoms with van der Waals surface area (Å²) in [6.07, 6.45) is 0. The van der Waals surface area contributed by atoms with Gasteiger partial charge >= 0.3 is 23.1 Å². The van der Waals surface area contributed by atoms with Gasteiger partial charge in [0.1, 0.15) is 0 Å². The Balaban J connectivity index is 0. The first-order valence-electron chi connectivity index (χ1n) is 8.22. The fraction of sp³-hybridized carbons (Fsp3) is 0.0909. The second-order valence-corrected chi connectivity index (χ2v) is 7.55. The molecule has 0 aliphatic carbocycles. The van der Waals surface area contributed by atoms with E-state index in [0.29, 0.717) is 0 Å². The van der Waals surface area contributed by atoms with Crippen LogP contribution >= 0.6 is 7.92 Å². The first-order valence-corrected chi connectivity index (χ1v) is 9.56. The van der Waals surface area contributed by atoms with Crippen molar-refractivity contribution < 1.29 is 25.3 Å². The van der Waals surface area contributed by atoms with Gasteiger partial charge in [-0.05, 0) is 37.7 Å². The van der Waals surface area contributed by atoms with E-state index in [2.05, 4.69) is 91.0 Å². The molecule has 5 nitrogen and oxygen atoms in total. The molecular weight excluding hydrogens is 400 g/mol. The number of rotatable bonds is 3. The molecular formula is C22H23MgO5P. The van der Waals surface area contributed by atoms with Crippen molar-refractivity contribution in [2.75, 3.05) is 0 Å². The number of carboxylic acids is 2. The maximum atomic E-state index is 8.89. The molecule has 0 heterocycles. The van der Waals surface area contributed by atoms with Crippen molar-refractivity contribution in [3.8, 4) is 0 Å². The van der Waals surface area contributed by atoms with Crippen molar-refractivity contribution in [1.82, 2.24) is 0 Å². The second kappa shape index (κ2) is 16.7. The third kappa shape index (κ3) is 12.8. The molecule has 0 unspecified atom stereocenters. The number of hydrogen-bond donors (Lipinski definition) is 0. The molecule has 0 atom stereocenters. The Bertz CT molecular complexity index is 700. The summed E-state index contributed by atoms with van der Waals surface area (Å²) < 4.78 is 0. The number of aliphatic carboxylic acids is 2. The van der Waals surface area contributed by atoms with Gasteiger partial charge in [0.2, 0.25) is 0 Å². The monoisotopic (exact) mass is 422 g/mol. The van der Waals surface area contributed by atoms with Crippen LogP contribution in [0.5, 0.6) is 0 Å². The van der Waals surface area contributed by atoms with Crippen LogP contribution in [0.4, 0.5) is 0 Å². The smallest absolute Gasteiger partial charge is 0.550 e. The summed E-state index contributed by atoms with van der Waals surface area (Å²) in [5.74, 6) is -2.17. The molecule has 3 rings (SSSR count). The summed E-state index contributed by atoms with van der Waals surface area (Å²) in [6.45, 7) is 1.94. The second-order valence-electron chi connectivity index (χ2n) is 5.33. The first-order chi connectivity index (χ1) is 12.9. The minimum Gasteiger partial charge on any atom is -0.550 e. The standard InChI is InChI=1S/C18H15P.2C2H4O2.Mg.H2O/c1-4-10-16(11-5-1)19(17-12-6-2-7-13-17)18-14-8-3-9-15-18;2*1-2(3)4;;/h1-15H;2*1H3,(H,3,4);;1H2/q;;;+2;/p-2. The van der Waals surface area contributed by atoms with E-state index in [1.54, 1.807) is 0 Å². The summed E-state index contributed by atoms with van der Waals surface area (Å²) in [5, 5.41) is 22.0. The van der Waals surface area contributed by atoms with Gasteiger partial charge in [0.15, 0.2) is 0 Å². The number of carbonyl (C=O) groups is 2. The minimum absolute atomic E-state index is 0. The quantitative estimate of drug-likeness (QED) is 0.428. The van der Waals surface area contributed by atoms with Crippen molar-refractivity contribution in [1.29, 1.82) is 0 Å². The molecule has 29 heavy (non-hydrogen) atoms. The van der Waals surface area contributed by atoms with Crippen molar-refractivity contribution in [3.63, 3.8) is 0 Å². The summed E-state index contributed by atoms with van der Waals surface area (Å²) >= 11 is 0. The van der Waals surface area contributed by atoms with Gasteiger partial charge < -0.3 is 25.3 Å². The fourth-order valence-electron chi connectivity index (χ4n) is 2.18. The summed E-state index contributed by atoms with van der Waals surface area (Å²) in [6, 6.07) is 32.3. The SMILES string of the molecule is CC(=O)[O-].CC(=O)[O-].O.[Mg+2].c1ccc(P(c2ccccc2)c2ccccc2)cc1. The van der Waals surface area contributed by atoms with Crippen LogP contribution in [-0.4, -0.2) is 40.5 Å². The minimum atomic E-state index is -1.08. The zero-order valence-corrected chi connectivity index (χ0v) is 18.8. The van der Waals surface area contributed by atoms with Gasteiger partial charge in [-0.3, -0.25) is 0 Å². The summed E-state index contributed by atoms with van der Waals surface area (Å²) in [7, 11) is -0.446. The maximum Gasteiger partial charge on any atom is 2.00 e. The van der Waals surface area contributed by atoms with E-state index in [0.717, 1.165) is 13.8 Å². The van der Waals surface area contributed by atoms with Gasteiger partial charge in [0.25, 0.3) is 0 Å². The van der Waals surface area contributed by atoms with Crippen LogP contribution < -0.4 is 26.1 Å².